The predicted molar refractivity (Wildman–Crippen MR) is 134 cm³/mol. The molecule has 1 atom stereocenters. The van der Waals surface area contributed by atoms with Crippen LogP contribution in [0.2, 0.25) is 5.02 Å². The molecule has 1 amide bonds. The van der Waals surface area contributed by atoms with Gasteiger partial charge in [-0.05, 0) is 49.7 Å². The molecule has 0 aliphatic carbocycles. The maximum Gasteiger partial charge on any atom is 0.266 e. The highest BCUT2D eigenvalue weighted by molar-refractivity contribution is 6.30. The van der Waals surface area contributed by atoms with Gasteiger partial charge in [-0.25, -0.2) is 9.37 Å². The van der Waals surface area contributed by atoms with E-state index >= 15 is 0 Å². The quantitative estimate of drug-likeness (QED) is 0.334. The Morgan fingerprint density at radius 3 is 2.54 bits per heavy atom. The van der Waals surface area contributed by atoms with Crippen molar-refractivity contribution >= 4 is 28.4 Å². The van der Waals surface area contributed by atoms with Gasteiger partial charge in [-0.2, -0.15) is 0 Å². The van der Waals surface area contributed by atoms with Gasteiger partial charge in [0.25, 0.3) is 5.56 Å². The number of nitrogens with zero attached hydrogens (tertiary/aromatic N) is 3. The Balaban J connectivity index is 1.70. The van der Waals surface area contributed by atoms with Gasteiger partial charge in [-0.1, -0.05) is 54.1 Å². The lowest BCUT2D eigenvalue weighted by Crippen LogP contribution is -2.39. The summed E-state index contributed by atoms with van der Waals surface area (Å²) in [7, 11) is 0. The monoisotopic (exact) mass is 493 g/mol. The summed E-state index contributed by atoms with van der Waals surface area (Å²) in [6.07, 6.45) is 0. The molecule has 6 nitrogen and oxygen atoms in total. The maximum absolute atomic E-state index is 13.9. The number of benzene rings is 3. The van der Waals surface area contributed by atoms with Crippen molar-refractivity contribution in [3.8, 4) is 5.69 Å². The molecule has 4 aromatic rings. The van der Waals surface area contributed by atoms with E-state index in [2.05, 4.69) is 0 Å². The number of carbonyl (C=O) groups is 1. The highest BCUT2D eigenvalue weighted by atomic mass is 35.5. The third kappa shape index (κ3) is 5.26. The van der Waals surface area contributed by atoms with E-state index in [1.54, 1.807) is 36.1 Å². The van der Waals surface area contributed by atoms with E-state index in [1.807, 2.05) is 37.3 Å². The van der Waals surface area contributed by atoms with Gasteiger partial charge in [0.1, 0.15) is 18.2 Å². The van der Waals surface area contributed by atoms with E-state index in [4.69, 9.17) is 21.3 Å². The van der Waals surface area contributed by atoms with Crippen molar-refractivity contribution < 1.29 is 13.9 Å². The summed E-state index contributed by atoms with van der Waals surface area (Å²) in [6, 6.07) is 20.0. The van der Waals surface area contributed by atoms with Crippen LogP contribution in [-0.4, -0.2) is 33.5 Å². The zero-order valence-corrected chi connectivity index (χ0v) is 20.2. The number of halogens is 2. The Kier molecular flexibility index (Phi) is 7.58. The van der Waals surface area contributed by atoms with Crippen LogP contribution in [0.15, 0.2) is 77.6 Å². The molecule has 35 heavy (non-hydrogen) atoms. The fourth-order valence-corrected chi connectivity index (χ4v) is 4.20. The summed E-state index contributed by atoms with van der Waals surface area (Å²) in [5.74, 6) is -0.482. The lowest BCUT2D eigenvalue weighted by Gasteiger charge is -2.29. The number of likely N-dealkylation sites (N-methyl/N-ethyl adjacent to an activating group) is 1. The van der Waals surface area contributed by atoms with Gasteiger partial charge in [0.2, 0.25) is 5.91 Å². The second-order valence-electron chi connectivity index (χ2n) is 8.06. The maximum atomic E-state index is 13.9. The second kappa shape index (κ2) is 10.8. The minimum absolute atomic E-state index is 0.112. The Labute approximate surface area is 207 Å². The first-order chi connectivity index (χ1) is 16.9. The number of ether oxygens (including phenoxy) is 1. The highest BCUT2D eigenvalue weighted by Gasteiger charge is 2.26. The van der Waals surface area contributed by atoms with Crippen molar-refractivity contribution in [2.75, 3.05) is 13.2 Å². The molecule has 0 saturated carbocycles. The van der Waals surface area contributed by atoms with Crippen LogP contribution in [0.1, 0.15) is 31.3 Å². The molecule has 1 aromatic heterocycles. The lowest BCUT2D eigenvalue weighted by molar-refractivity contribution is -0.138. The molecule has 0 bridgehead atoms. The molecule has 0 fully saturated rings. The summed E-state index contributed by atoms with van der Waals surface area (Å²) >= 11 is 6.02. The third-order valence-corrected chi connectivity index (χ3v) is 6.09. The molecule has 1 heterocycles. The van der Waals surface area contributed by atoms with Crippen molar-refractivity contribution in [2.45, 2.75) is 26.5 Å². The summed E-state index contributed by atoms with van der Waals surface area (Å²) in [5, 5.41) is 0.295. The lowest BCUT2D eigenvalue weighted by atomic mass is 10.1. The van der Waals surface area contributed by atoms with Crippen molar-refractivity contribution in [3.63, 3.8) is 0 Å². The van der Waals surface area contributed by atoms with Crippen molar-refractivity contribution in [2.24, 2.45) is 0 Å². The standard InChI is InChI=1S/C27H25ClFN3O3/c1-3-31(25(33)17-35-16-19-9-5-4-6-10-19)18(2)26-30-24-12-8-7-11-21(24)27(34)32(26)20-13-14-23(29)22(28)15-20/h4-15,18H,3,16-17H2,1-2H3. The first-order valence-corrected chi connectivity index (χ1v) is 11.7. The summed E-state index contributed by atoms with van der Waals surface area (Å²) < 4.78 is 20.9. The fraction of sp³-hybridized carbons (Fsp3) is 0.222. The van der Waals surface area contributed by atoms with Crippen molar-refractivity contribution in [1.82, 2.24) is 14.5 Å². The normalized spacial score (nSPS) is 12.0. The largest absolute Gasteiger partial charge is 0.367 e. The molecular weight excluding hydrogens is 469 g/mol. The van der Waals surface area contributed by atoms with Gasteiger partial charge in [0.05, 0.1) is 34.3 Å². The van der Waals surface area contributed by atoms with Gasteiger partial charge in [0, 0.05) is 6.54 Å². The Morgan fingerprint density at radius 1 is 1.11 bits per heavy atom. The molecule has 0 saturated heterocycles. The number of aromatic nitrogens is 2. The Hall–Kier alpha value is -3.55. The third-order valence-electron chi connectivity index (χ3n) is 5.80. The number of carbonyl (C=O) groups excluding carboxylic acids is 1. The van der Waals surface area contributed by atoms with Gasteiger partial charge in [-0.3, -0.25) is 14.2 Å². The molecule has 0 aliphatic rings. The minimum Gasteiger partial charge on any atom is -0.367 e. The fourth-order valence-electron chi connectivity index (χ4n) is 4.02. The van der Waals surface area contributed by atoms with Gasteiger partial charge in [0.15, 0.2) is 0 Å². The minimum atomic E-state index is -0.590. The Bertz CT molecular complexity index is 1410. The van der Waals surface area contributed by atoms with Gasteiger partial charge < -0.3 is 9.64 Å². The second-order valence-corrected chi connectivity index (χ2v) is 8.47. The SMILES string of the molecule is CCN(C(=O)COCc1ccccc1)C(C)c1nc2ccccc2c(=O)n1-c1ccc(F)c(Cl)c1. The number of rotatable bonds is 8. The van der Waals surface area contributed by atoms with Crippen LogP contribution >= 0.6 is 11.6 Å². The molecule has 1 unspecified atom stereocenters. The molecule has 0 N–H and O–H groups in total. The van der Waals surface area contributed by atoms with Gasteiger partial charge >= 0.3 is 0 Å². The summed E-state index contributed by atoms with van der Waals surface area (Å²) in [4.78, 5) is 32.9. The molecule has 180 valence electrons. The van der Waals surface area contributed by atoms with Gasteiger partial charge in [-0.15, -0.1) is 0 Å². The molecular formula is C27H25ClFN3O3. The summed E-state index contributed by atoms with van der Waals surface area (Å²) in [5.41, 5.74) is 1.51. The van der Waals surface area contributed by atoms with Crippen molar-refractivity contribution in [3.05, 3.63) is 105 Å². The first kappa shape index (κ1) is 24.6. The van der Waals surface area contributed by atoms with Crippen LogP contribution < -0.4 is 5.56 Å². The van der Waals surface area contributed by atoms with Crippen LogP contribution in [0.4, 0.5) is 4.39 Å². The first-order valence-electron chi connectivity index (χ1n) is 11.3. The zero-order valence-electron chi connectivity index (χ0n) is 19.4. The molecule has 4 rings (SSSR count). The molecule has 0 radical (unpaired) electrons. The van der Waals surface area contributed by atoms with Crippen LogP contribution in [0.3, 0.4) is 0 Å². The summed E-state index contributed by atoms with van der Waals surface area (Å²) in [6.45, 7) is 4.22. The number of amides is 1. The van der Waals surface area contributed by atoms with Crippen LogP contribution in [-0.2, 0) is 16.1 Å². The van der Waals surface area contributed by atoms with Crippen LogP contribution in [0.5, 0.6) is 0 Å². The van der Waals surface area contributed by atoms with E-state index in [0.717, 1.165) is 5.56 Å². The van der Waals surface area contributed by atoms with Crippen LogP contribution in [0, 0.1) is 5.82 Å². The molecule has 8 heteroatoms. The Morgan fingerprint density at radius 2 is 1.83 bits per heavy atom. The van der Waals surface area contributed by atoms with E-state index in [9.17, 15) is 14.0 Å². The number of para-hydroxylation sites is 1. The number of hydrogen-bond donors (Lipinski definition) is 0. The molecule has 0 aliphatic heterocycles. The highest BCUT2D eigenvalue weighted by Crippen LogP contribution is 2.25. The number of fused-ring (bicyclic) bond motifs is 1. The van der Waals surface area contributed by atoms with E-state index in [1.165, 1.54) is 22.8 Å². The smallest absolute Gasteiger partial charge is 0.266 e. The average Bonchev–Trinajstić information content (AvgIpc) is 2.87. The number of hydrogen-bond acceptors (Lipinski definition) is 4. The average molecular weight is 494 g/mol. The van der Waals surface area contributed by atoms with E-state index in [0.29, 0.717) is 35.6 Å². The van der Waals surface area contributed by atoms with Crippen LogP contribution in [0.25, 0.3) is 16.6 Å². The van der Waals surface area contributed by atoms with E-state index < -0.39 is 11.9 Å². The molecule has 0 spiro atoms. The topological polar surface area (TPSA) is 64.4 Å². The molecule has 3 aromatic carbocycles. The predicted octanol–water partition coefficient (Wildman–Crippen LogP) is 5.30. The van der Waals surface area contributed by atoms with E-state index in [-0.39, 0.29) is 23.1 Å². The van der Waals surface area contributed by atoms with Crippen molar-refractivity contribution in [1.29, 1.82) is 0 Å². The zero-order chi connectivity index (χ0) is 24.9.